The second-order valence-electron chi connectivity index (χ2n) is 9.08. The normalized spacial score (nSPS) is 29.7. The summed E-state index contributed by atoms with van der Waals surface area (Å²) in [5.74, 6) is 0.229. The standard InChI is InChI=1S/C11H15N5O5.C10H12ClN5O4/c1-20-11-14-8(12)5-9(15-11)16(3-13-5)10-7(19)6(18)4(2-17)21-10;11-10-14-7(12)4-8(15-10)16(2-13-4)9-6(19)5(18)3(1-17)20-9/h3-4,6-7,10,17-19H,2H2,1H3,(H2,12,14,15);2-3,5-6,9,17-19H,1H2,(H2,12,14,15)/t4-,6+,7?,10-;3-,5+,6?,9-/m11/s1. The van der Waals surface area contributed by atoms with E-state index in [1.54, 1.807) is 0 Å². The van der Waals surface area contributed by atoms with Crippen LogP contribution in [0.4, 0.5) is 11.6 Å². The number of nitrogens with two attached hydrogens (primary N) is 2. The number of methoxy groups -OCH3 is 1. The molecule has 2 aliphatic rings. The van der Waals surface area contributed by atoms with Crippen LogP contribution < -0.4 is 16.2 Å². The highest BCUT2D eigenvalue weighted by molar-refractivity contribution is 6.28. The van der Waals surface area contributed by atoms with Gasteiger partial charge in [0.15, 0.2) is 40.9 Å². The van der Waals surface area contributed by atoms with Crippen LogP contribution in [0.3, 0.4) is 0 Å². The molecule has 222 valence electrons. The zero-order valence-corrected chi connectivity index (χ0v) is 22.0. The van der Waals surface area contributed by atoms with Crippen LogP contribution in [0.25, 0.3) is 22.3 Å². The molecule has 2 fully saturated rings. The van der Waals surface area contributed by atoms with E-state index >= 15 is 0 Å². The van der Waals surface area contributed by atoms with Gasteiger partial charge in [-0.25, -0.2) is 9.97 Å². The minimum Gasteiger partial charge on any atom is -0.467 e. The van der Waals surface area contributed by atoms with Gasteiger partial charge in [0.2, 0.25) is 5.28 Å². The van der Waals surface area contributed by atoms with Gasteiger partial charge >= 0.3 is 6.01 Å². The molecule has 6 rings (SSSR count). The summed E-state index contributed by atoms with van der Waals surface area (Å²) >= 11 is 5.74. The minimum atomic E-state index is -1.24. The van der Waals surface area contributed by atoms with Gasteiger partial charge in [-0.1, -0.05) is 0 Å². The molecule has 41 heavy (non-hydrogen) atoms. The maximum Gasteiger partial charge on any atom is 0.320 e. The largest absolute Gasteiger partial charge is 0.467 e. The van der Waals surface area contributed by atoms with Crippen LogP contribution in [0.15, 0.2) is 12.7 Å². The first-order valence-electron chi connectivity index (χ1n) is 12.0. The van der Waals surface area contributed by atoms with E-state index in [-0.39, 0.29) is 28.6 Å². The van der Waals surface area contributed by atoms with Crippen molar-refractivity contribution in [2.75, 3.05) is 31.8 Å². The van der Waals surface area contributed by atoms with E-state index in [0.717, 1.165) is 0 Å². The number of hydrogen-bond donors (Lipinski definition) is 8. The number of anilines is 2. The molecule has 10 N–H and O–H groups in total. The second kappa shape index (κ2) is 11.4. The molecule has 0 bridgehead atoms. The summed E-state index contributed by atoms with van der Waals surface area (Å²) in [4.78, 5) is 23.9. The summed E-state index contributed by atoms with van der Waals surface area (Å²) in [5.41, 5.74) is 12.7. The third kappa shape index (κ3) is 5.07. The molecule has 0 aromatic carbocycles. The van der Waals surface area contributed by atoms with E-state index in [1.165, 1.54) is 28.9 Å². The molecule has 0 amide bonds. The lowest BCUT2D eigenvalue weighted by molar-refractivity contribution is -0.0511. The summed E-state index contributed by atoms with van der Waals surface area (Å²) in [6.45, 7) is -0.832. The fraction of sp³-hybridized carbons (Fsp3) is 0.524. The molecule has 2 saturated heterocycles. The number of aliphatic hydroxyl groups excluding tert-OH is 6. The number of nitrogen functional groups attached to an aromatic ring is 2. The molecular weight excluding hydrogens is 572 g/mol. The predicted octanol–water partition coefficient (Wildman–Crippen LogP) is -3.30. The van der Waals surface area contributed by atoms with Gasteiger partial charge in [-0.05, 0) is 11.6 Å². The molecule has 4 aromatic heterocycles. The SMILES string of the molecule is COc1nc(N)c2ncn([C@@H]3O[C@H](CO)[C@H](O)C3O)c2n1.Nc1nc(Cl)nc2c1ncn2[C@@H]1O[C@H](CO)[C@H](O)C1O. The van der Waals surface area contributed by atoms with Gasteiger partial charge in [0.25, 0.3) is 0 Å². The fourth-order valence-electron chi connectivity index (χ4n) is 4.51. The van der Waals surface area contributed by atoms with Crippen molar-refractivity contribution in [3.8, 4) is 6.01 Å². The van der Waals surface area contributed by atoms with Gasteiger partial charge < -0.3 is 56.3 Å². The number of halogens is 1. The molecule has 0 aliphatic carbocycles. The van der Waals surface area contributed by atoms with Crippen molar-refractivity contribution in [2.45, 2.75) is 49.1 Å². The predicted molar refractivity (Wildman–Crippen MR) is 137 cm³/mol. The van der Waals surface area contributed by atoms with Crippen LogP contribution in [0.5, 0.6) is 6.01 Å². The summed E-state index contributed by atoms with van der Waals surface area (Å²) in [6.07, 6.45) is -5.83. The van der Waals surface area contributed by atoms with Crippen molar-refractivity contribution in [1.29, 1.82) is 0 Å². The lowest BCUT2D eigenvalue weighted by atomic mass is 10.1. The van der Waals surface area contributed by atoms with Crippen molar-refractivity contribution < 1.29 is 44.8 Å². The number of aliphatic hydroxyl groups is 6. The van der Waals surface area contributed by atoms with Crippen LogP contribution in [0.2, 0.25) is 5.28 Å². The lowest BCUT2D eigenvalue weighted by Gasteiger charge is -2.16. The first-order valence-corrected chi connectivity index (χ1v) is 12.4. The van der Waals surface area contributed by atoms with Gasteiger partial charge in [-0.2, -0.15) is 19.9 Å². The third-order valence-corrected chi connectivity index (χ3v) is 6.78. The summed E-state index contributed by atoms with van der Waals surface area (Å²) < 4.78 is 18.6. The maximum atomic E-state index is 10.0. The van der Waals surface area contributed by atoms with E-state index < -0.39 is 62.3 Å². The maximum absolute atomic E-state index is 10.0. The van der Waals surface area contributed by atoms with Crippen LogP contribution in [-0.2, 0) is 9.47 Å². The van der Waals surface area contributed by atoms with Gasteiger partial charge in [0, 0.05) is 0 Å². The quantitative estimate of drug-likeness (QED) is 0.104. The third-order valence-electron chi connectivity index (χ3n) is 6.61. The Labute approximate surface area is 234 Å². The molecule has 2 aliphatic heterocycles. The van der Waals surface area contributed by atoms with Gasteiger partial charge in [-0.15, -0.1) is 0 Å². The van der Waals surface area contributed by atoms with Gasteiger partial charge in [0.05, 0.1) is 33.0 Å². The highest BCUT2D eigenvalue weighted by atomic mass is 35.5. The summed E-state index contributed by atoms with van der Waals surface area (Å²) in [7, 11) is 1.40. The van der Waals surface area contributed by atoms with E-state index in [2.05, 4.69) is 29.9 Å². The van der Waals surface area contributed by atoms with Crippen molar-refractivity contribution in [2.24, 2.45) is 0 Å². The Hall–Kier alpha value is -3.53. The molecule has 0 radical (unpaired) electrons. The number of hydrogen-bond acceptors (Lipinski definition) is 17. The van der Waals surface area contributed by atoms with Crippen LogP contribution in [-0.4, -0.2) is 127 Å². The van der Waals surface area contributed by atoms with E-state index in [1.807, 2.05) is 0 Å². The van der Waals surface area contributed by atoms with Crippen molar-refractivity contribution >= 4 is 45.6 Å². The number of ether oxygens (including phenoxy) is 3. The first-order chi connectivity index (χ1) is 19.6. The number of nitrogens with zero attached hydrogens (tertiary/aromatic N) is 8. The Balaban J connectivity index is 0.000000165. The Kier molecular flexibility index (Phi) is 8.05. The first kappa shape index (κ1) is 29.0. The molecule has 2 unspecified atom stereocenters. The van der Waals surface area contributed by atoms with E-state index in [4.69, 9.17) is 47.5 Å². The molecular formula is C21H27ClN10O9. The van der Waals surface area contributed by atoms with Gasteiger partial charge in [0.1, 0.15) is 42.1 Å². The average Bonchev–Trinajstić information content (AvgIpc) is 3.70. The van der Waals surface area contributed by atoms with Crippen molar-refractivity contribution in [1.82, 2.24) is 39.0 Å². The molecule has 0 spiro atoms. The fourth-order valence-corrected chi connectivity index (χ4v) is 4.68. The number of rotatable bonds is 5. The number of fused-ring (bicyclic) bond motifs is 2. The summed E-state index contributed by atoms with van der Waals surface area (Å²) in [5, 5.41) is 57.7. The van der Waals surface area contributed by atoms with E-state index in [9.17, 15) is 20.4 Å². The molecule has 8 atom stereocenters. The molecule has 6 heterocycles. The molecule has 20 heteroatoms. The Morgan fingerprint density at radius 1 is 0.780 bits per heavy atom. The monoisotopic (exact) mass is 598 g/mol. The number of imidazole rings is 2. The second-order valence-corrected chi connectivity index (χ2v) is 9.42. The molecule has 19 nitrogen and oxygen atoms in total. The van der Waals surface area contributed by atoms with Crippen molar-refractivity contribution in [3.05, 3.63) is 17.9 Å². The van der Waals surface area contributed by atoms with Gasteiger partial charge in [-0.3, -0.25) is 9.13 Å². The average molecular weight is 599 g/mol. The Bertz CT molecular complexity index is 1540. The Morgan fingerprint density at radius 3 is 1.68 bits per heavy atom. The lowest BCUT2D eigenvalue weighted by Crippen LogP contribution is -2.33. The zero-order valence-electron chi connectivity index (χ0n) is 21.2. The smallest absolute Gasteiger partial charge is 0.320 e. The number of aromatic nitrogens is 8. The van der Waals surface area contributed by atoms with Crippen LogP contribution >= 0.6 is 11.6 Å². The van der Waals surface area contributed by atoms with Crippen molar-refractivity contribution in [3.63, 3.8) is 0 Å². The molecule has 4 aromatic rings. The zero-order chi connectivity index (χ0) is 29.6. The molecule has 0 saturated carbocycles. The van der Waals surface area contributed by atoms with E-state index in [0.29, 0.717) is 16.7 Å². The van der Waals surface area contributed by atoms with Crippen LogP contribution in [0.1, 0.15) is 12.5 Å². The highest BCUT2D eigenvalue weighted by Gasteiger charge is 2.45. The Morgan fingerprint density at radius 2 is 1.24 bits per heavy atom. The topological polar surface area (TPSA) is 288 Å². The van der Waals surface area contributed by atoms with Crippen LogP contribution in [0, 0.1) is 0 Å². The summed E-state index contributed by atoms with van der Waals surface area (Å²) in [6, 6.07) is 0.0495. The minimum absolute atomic E-state index is 0.0495. The highest BCUT2D eigenvalue weighted by Crippen LogP contribution is 2.33.